The molecule has 0 aliphatic heterocycles. The van der Waals surface area contributed by atoms with E-state index in [-0.39, 0.29) is 10.6 Å². The summed E-state index contributed by atoms with van der Waals surface area (Å²) < 4.78 is 78.7. The molecule has 0 fully saturated rings. The van der Waals surface area contributed by atoms with Crippen molar-refractivity contribution in [3.63, 3.8) is 0 Å². The number of halogens is 2. The Morgan fingerprint density at radius 1 is 0.880 bits per heavy atom. The molecule has 0 amide bonds. The lowest BCUT2D eigenvalue weighted by atomic mass is 10.2. The molecular formula is C15H16F2N2O4S2. The van der Waals surface area contributed by atoms with E-state index in [1.54, 1.807) is 6.92 Å². The summed E-state index contributed by atoms with van der Waals surface area (Å²) in [5, 5.41) is 0. The molecule has 2 aromatic carbocycles. The molecule has 2 aromatic rings. The van der Waals surface area contributed by atoms with Crippen LogP contribution in [0.5, 0.6) is 0 Å². The first kappa shape index (κ1) is 19.3. The molecule has 1 N–H and O–H groups in total. The van der Waals surface area contributed by atoms with Gasteiger partial charge < -0.3 is 0 Å². The van der Waals surface area contributed by atoms with Crippen LogP contribution in [0, 0.1) is 18.6 Å². The molecule has 0 unspecified atom stereocenters. The average Bonchev–Trinajstić information content (AvgIpc) is 2.48. The Labute approximate surface area is 145 Å². The maximum Gasteiger partial charge on any atom is 0.262 e. The number of sulfonamides is 2. The summed E-state index contributed by atoms with van der Waals surface area (Å²) in [5.74, 6) is -2.08. The van der Waals surface area contributed by atoms with E-state index in [4.69, 9.17) is 0 Å². The third kappa shape index (κ3) is 4.14. The number of rotatable bonds is 5. The minimum Gasteiger partial charge on any atom is -0.279 e. The van der Waals surface area contributed by atoms with Crippen LogP contribution in [-0.2, 0) is 20.0 Å². The van der Waals surface area contributed by atoms with Crippen molar-refractivity contribution in [2.24, 2.45) is 0 Å². The number of anilines is 1. The molecule has 0 spiro atoms. The van der Waals surface area contributed by atoms with Crippen molar-refractivity contribution in [1.82, 2.24) is 4.31 Å². The number of nitrogens with one attached hydrogen (secondary N) is 1. The maximum absolute atomic E-state index is 13.3. The van der Waals surface area contributed by atoms with Gasteiger partial charge in [-0.1, -0.05) is 6.07 Å². The lowest BCUT2D eigenvalue weighted by Crippen LogP contribution is -2.22. The summed E-state index contributed by atoms with van der Waals surface area (Å²) in [6.45, 7) is 1.57. The molecule has 0 heterocycles. The maximum atomic E-state index is 13.3. The number of benzene rings is 2. The van der Waals surface area contributed by atoms with Crippen molar-refractivity contribution in [3.8, 4) is 0 Å². The molecule has 0 radical (unpaired) electrons. The van der Waals surface area contributed by atoms with Crippen LogP contribution in [0.15, 0.2) is 46.2 Å². The standard InChI is InChI=1S/C15H16F2N2O4S2/c1-10-4-5-13(25(22,23)19(2)3)9-15(10)18-24(20,21)14-7-11(16)6-12(17)8-14/h4-9,18H,1-3H3. The monoisotopic (exact) mass is 390 g/mol. The van der Waals surface area contributed by atoms with E-state index in [2.05, 4.69) is 4.72 Å². The van der Waals surface area contributed by atoms with E-state index in [0.29, 0.717) is 23.8 Å². The van der Waals surface area contributed by atoms with Gasteiger partial charge in [-0.25, -0.2) is 29.9 Å². The van der Waals surface area contributed by atoms with E-state index in [0.717, 1.165) is 10.4 Å². The summed E-state index contributed by atoms with van der Waals surface area (Å²) in [5.41, 5.74) is 0.436. The van der Waals surface area contributed by atoms with Crippen molar-refractivity contribution < 1.29 is 25.6 Å². The highest BCUT2D eigenvalue weighted by Crippen LogP contribution is 2.25. The van der Waals surface area contributed by atoms with Gasteiger partial charge in [0.2, 0.25) is 10.0 Å². The van der Waals surface area contributed by atoms with Crippen molar-refractivity contribution in [2.75, 3.05) is 18.8 Å². The minimum absolute atomic E-state index is 0.00686. The number of hydrogen-bond donors (Lipinski definition) is 1. The van der Waals surface area contributed by atoms with Crippen molar-refractivity contribution in [1.29, 1.82) is 0 Å². The van der Waals surface area contributed by atoms with Crippen LogP contribution in [0.1, 0.15) is 5.56 Å². The van der Waals surface area contributed by atoms with Crippen LogP contribution in [0.2, 0.25) is 0 Å². The van der Waals surface area contributed by atoms with E-state index >= 15 is 0 Å². The van der Waals surface area contributed by atoms with Crippen LogP contribution in [0.4, 0.5) is 14.5 Å². The molecule has 0 saturated heterocycles. The Morgan fingerprint density at radius 3 is 1.96 bits per heavy atom. The summed E-state index contributed by atoms with van der Waals surface area (Å²) in [6.07, 6.45) is 0. The van der Waals surface area contributed by atoms with Crippen LogP contribution in [0.25, 0.3) is 0 Å². The predicted molar refractivity (Wildman–Crippen MR) is 89.2 cm³/mol. The van der Waals surface area contributed by atoms with Gasteiger partial charge in [-0.2, -0.15) is 0 Å². The Balaban J connectivity index is 2.49. The number of nitrogens with zero attached hydrogens (tertiary/aromatic N) is 1. The quantitative estimate of drug-likeness (QED) is 0.849. The first-order valence-corrected chi connectivity index (χ1v) is 9.88. The minimum atomic E-state index is -4.30. The largest absolute Gasteiger partial charge is 0.279 e. The first-order chi connectivity index (χ1) is 11.4. The SMILES string of the molecule is Cc1ccc(S(=O)(=O)N(C)C)cc1NS(=O)(=O)c1cc(F)cc(F)c1. The van der Waals surface area contributed by atoms with Crippen LogP contribution >= 0.6 is 0 Å². The Bertz CT molecular complexity index is 1000. The highest BCUT2D eigenvalue weighted by molar-refractivity contribution is 7.92. The number of hydrogen-bond acceptors (Lipinski definition) is 4. The molecule has 0 aromatic heterocycles. The molecular weight excluding hydrogens is 374 g/mol. The fourth-order valence-corrected chi connectivity index (χ4v) is 4.06. The van der Waals surface area contributed by atoms with Gasteiger partial charge in [0, 0.05) is 20.2 Å². The summed E-state index contributed by atoms with van der Waals surface area (Å²) in [4.78, 5) is -0.725. The molecule has 136 valence electrons. The summed E-state index contributed by atoms with van der Waals surface area (Å²) in [6, 6.07) is 5.81. The van der Waals surface area contributed by atoms with Gasteiger partial charge in [0.25, 0.3) is 10.0 Å². The molecule has 0 atom stereocenters. The average molecular weight is 390 g/mol. The van der Waals surface area contributed by atoms with Gasteiger partial charge in [0.05, 0.1) is 15.5 Å². The van der Waals surface area contributed by atoms with Gasteiger partial charge in [-0.15, -0.1) is 0 Å². The molecule has 25 heavy (non-hydrogen) atoms. The van der Waals surface area contributed by atoms with E-state index in [1.165, 1.54) is 26.2 Å². The van der Waals surface area contributed by atoms with Crippen molar-refractivity contribution >= 4 is 25.7 Å². The molecule has 2 rings (SSSR count). The zero-order valence-corrected chi connectivity index (χ0v) is 15.2. The molecule has 0 saturated carbocycles. The van der Waals surface area contributed by atoms with Gasteiger partial charge in [0.15, 0.2) is 0 Å². The highest BCUT2D eigenvalue weighted by atomic mass is 32.2. The zero-order valence-electron chi connectivity index (χ0n) is 13.6. The van der Waals surface area contributed by atoms with Gasteiger partial charge in [-0.3, -0.25) is 4.72 Å². The molecule has 0 bridgehead atoms. The van der Waals surface area contributed by atoms with E-state index in [9.17, 15) is 25.6 Å². The first-order valence-electron chi connectivity index (χ1n) is 6.95. The smallest absolute Gasteiger partial charge is 0.262 e. The third-order valence-corrected chi connectivity index (χ3v) is 6.53. The van der Waals surface area contributed by atoms with Gasteiger partial charge in [0.1, 0.15) is 11.6 Å². The van der Waals surface area contributed by atoms with Gasteiger partial charge >= 0.3 is 0 Å². The topological polar surface area (TPSA) is 83.6 Å². The molecule has 10 heteroatoms. The summed E-state index contributed by atoms with van der Waals surface area (Å²) >= 11 is 0. The van der Waals surface area contributed by atoms with Crippen LogP contribution in [0.3, 0.4) is 0 Å². The zero-order chi connectivity index (χ0) is 19.0. The normalized spacial score (nSPS) is 12.4. The second-order valence-corrected chi connectivity index (χ2v) is 9.31. The third-order valence-electron chi connectivity index (χ3n) is 3.38. The Hall–Kier alpha value is -2.04. The second kappa shape index (κ2) is 6.70. The summed E-state index contributed by atoms with van der Waals surface area (Å²) in [7, 11) is -5.39. The van der Waals surface area contributed by atoms with Crippen LogP contribution < -0.4 is 4.72 Å². The van der Waals surface area contributed by atoms with Crippen LogP contribution in [-0.4, -0.2) is 35.2 Å². The number of aryl methyl sites for hydroxylation is 1. The highest BCUT2D eigenvalue weighted by Gasteiger charge is 2.21. The lowest BCUT2D eigenvalue weighted by Gasteiger charge is -2.15. The fourth-order valence-electron chi connectivity index (χ4n) is 1.97. The van der Waals surface area contributed by atoms with Gasteiger partial charge in [-0.05, 0) is 36.8 Å². The van der Waals surface area contributed by atoms with E-state index < -0.39 is 36.6 Å². The fraction of sp³-hybridized carbons (Fsp3) is 0.200. The Kier molecular flexibility index (Phi) is 5.17. The lowest BCUT2D eigenvalue weighted by molar-refractivity contribution is 0.520. The second-order valence-electron chi connectivity index (χ2n) is 5.47. The van der Waals surface area contributed by atoms with Crippen molar-refractivity contribution in [3.05, 3.63) is 53.6 Å². The molecule has 0 aliphatic rings. The predicted octanol–water partition coefficient (Wildman–Crippen LogP) is 2.32. The molecule has 6 nitrogen and oxygen atoms in total. The molecule has 0 aliphatic carbocycles. The van der Waals surface area contributed by atoms with E-state index in [1.807, 2.05) is 0 Å². The Morgan fingerprint density at radius 2 is 1.44 bits per heavy atom. The van der Waals surface area contributed by atoms with Crippen molar-refractivity contribution in [2.45, 2.75) is 16.7 Å².